The van der Waals surface area contributed by atoms with Gasteiger partial charge >= 0.3 is 0 Å². The lowest BCUT2D eigenvalue weighted by Gasteiger charge is -2.34. The van der Waals surface area contributed by atoms with Crippen LogP contribution >= 0.6 is 0 Å². The lowest BCUT2D eigenvalue weighted by atomic mass is 9.86. The van der Waals surface area contributed by atoms with E-state index < -0.39 is 0 Å². The molecule has 0 aromatic heterocycles. The first kappa shape index (κ1) is 12.0. The molecule has 1 fully saturated rings. The van der Waals surface area contributed by atoms with Crippen LogP contribution in [0.4, 0.5) is 5.69 Å². The minimum Gasteiger partial charge on any atom is -0.372 e. The number of benzene rings is 1. The molecule has 2 nitrogen and oxygen atoms in total. The van der Waals surface area contributed by atoms with Gasteiger partial charge in [0.2, 0.25) is 0 Å². The van der Waals surface area contributed by atoms with Crippen molar-refractivity contribution in [2.24, 2.45) is 5.92 Å². The molecule has 0 unspecified atom stereocenters. The van der Waals surface area contributed by atoms with Crippen molar-refractivity contribution in [1.82, 2.24) is 0 Å². The molecular formula is C15H20N2. The highest BCUT2D eigenvalue weighted by Crippen LogP contribution is 2.29. The average Bonchev–Trinajstić information content (AvgIpc) is 2.38. The third-order valence-corrected chi connectivity index (χ3v) is 3.84. The van der Waals surface area contributed by atoms with Gasteiger partial charge in [0, 0.05) is 24.7 Å². The van der Waals surface area contributed by atoms with E-state index in [1.165, 1.54) is 11.3 Å². The van der Waals surface area contributed by atoms with Crippen LogP contribution < -0.4 is 4.90 Å². The summed E-state index contributed by atoms with van der Waals surface area (Å²) >= 11 is 0. The van der Waals surface area contributed by atoms with Crippen LogP contribution in [0.1, 0.15) is 31.2 Å². The maximum Gasteiger partial charge on any atom is 0.0655 e. The van der Waals surface area contributed by atoms with Gasteiger partial charge in [-0.25, -0.2) is 0 Å². The van der Waals surface area contributed by atoms with Crippen molar-refractivity contribution >= 4 is 5.69 Å². The van der Waals surface area contributed by atoms with Crippen molar-refractivity contribution in [2.75, 3.05) is 11.9 Å². The molecule has 0 N–H and O–H groups in total. The third kappa shape index (κ3) is 2.79. The van der Waals surface area contributed by atoms with E-state index in [9.17, 15) is 0 Å². The Morgan fingerprint density at radius 1 is 1.24 bits per heavy atom. The molecule has 1 aliphatic rings. The lowest BCUT2D eigenvalue weighted by molar-refractivity contribution is 0.372. The second-order valence-corrected chi connectivity index (χ2v) is 5.08. The SMILES string of the molecule is Cc1cccc(N(C)C2CCC(C#N)CC2)c1. The number of aryl methyl sites for hydroxylation is 1. The zero-order valence-electron chi connectivity index (χ0n) is 10.7. The zero-order chi connectivity index (χ0) is 12.3. The first-order valence-electron chi connectivity index (χ1n) is 6.40. The molecule has 17 heavy (non-hydrogen) atoms. The van der Waals surface area contributed by atoms with Crippen LogP contribution in [0.5, 0.6) is 0 Å². The van der Waals surface area contributed by atoms with Crippen LogP contribution in [-0.2, 0) is 0 Å². The van der Waals surface area contributed by atoms with Gasteiger partial charge in [-0.15, -0.1) is 0 Å². The maximum atomic E-state index is 8.91. The molecule has 90 valence electrons. The van der Waals surface area contributed by atoms with Gasteiger partial charge in [-0.1, -0.05) is 12.1 Å². The quantitative estimate of drug-likeness (QED) is 0.774. The second kappa shape index (κ2) is 5.23. The summed E-state index contributed by atoms with van der Waals surface area (Å²) in [6.07, 6.45) is 4.39. The number of hydrogen-bond acceptors (Lipinski definition) is 2. The summed E-state index contributed by atoms with van der Waals surface area (Å²) < 4.78 is 0. The number of nitrogens with zero attached hydrogens (tertiary/aromatic N) is 2. The second-order valence-electron chi connectivity index (χ2n) is 5.08. The van der Waals surface area contributed by atoms with Gasteiger partial charge in [-0.05, 0) is 50.3 Å². The molecule has 0 amide bonds. The first-order valence-corrected chi connectivity index (χ1v) is 6.40. The van der Waals surface area contributed by atoms with E-state index in [-0.39, 0.29) is 5.92 Å². The van der Waals surface area contributed by atoms with E-state index in [0.717, 1.165) is 25.7 Å². The summed E-state index contributed by atoms with van der Waals surface area (Å²) in [6, 6.07) is 11.6. The van der Waals surface area contributed by atoms with Crippen molar-refractivity contribution < 1.29 is 0 Å². The van der Waals surface area contributed by atoms with Crippen LogP contribution in [0, 0.1) is 24.2 Å². The maximum absolute atomic E-state index is 8.91. The van der Waals surface area contributed by atoms with Crippen molar-refractivity contribution in [3.63, 3.8) is 0 Å². The van der Waals surface area contributed by atoms with E-state index in [2.05, 4.69) is 49.2 Å². The molecule has 0 spiro atoms. The van der Waals surface area contributed by atoms with Crippen LogP contribution in [-0.4, -0.2) is 13.1 Å². The topological polar surface area (TPSA) is 27.0 Å². The van der Waals surface area contributed by atoms with Crippen LogP contribution in [0.3, 0.4) is 0 Å². The Hall–Kier alpha value is -1.49. The van der Waals surface area contributed by atoms with Gasteiger partial charge in [0.25, 0.3) is 0 Å². The Morgan fingerprint density at radius 2 is 1.94 bits per heavy atom. The van der Waals surface area contributed by atoms with Crippen molar-refractivity contribution in [1.29, 1.82) is 5.26 Å². The molecular weight excluding hydrogens is 208 g/mol. The normalized spacial score (nSPS) is 24.1. The number of nitriles is 1. The van der Waals surface area contributed by atoms with Gasteiger partial charge < -0.3 is 4.90 Å². The molecule has 0 aliphatic heterocycles. The number of hydrogen-bond donors (Lipinski definition) is 0. The number of anilines is 1. The standard InChI is InChI=1S/C15H20N2/c1-12-4-3-5-15(10-12)17(2)14-8-6-13(11-16)7-9-14/h3-5,10,13-14H,6-9H2,1-2H3. The van der Waals surface area contributed by atoms with Gasteiger partial charge in [0.05, 0.1) is 6.07 Å². The average molecular weight is 228 g/mol. The van der Waals surface area contributed by atoms with Crippen LogP contribution in [0.25, 0.3) is 0 Å². The molecule has 0 heterocycles. The smallest absolute Gasteiger partial charge is 0.0655 e. The van der Waals surface area contributed by atoms with Gasteiger partial charge in [0.15, 0.2) is 0 Å². The first-order chi connectivity index (χ1) is 8.20. The summed E-state index contributed by atoms with van der Waals surface area (Å²) in [6.45, 7) is 2.13. The monoisotopic (exact) mass is 228 g/mol. The van der Waals surface area contributed by atoms with E-state index in [1.54, 1.807) is 0 Å². The molecule has 0 bridgehead atoms. The molecule has 0 radical (unpaired) electrons. The van der Waals surface area contributed by atoms with E-state index >= 15 is 0 Å². The third-order valence-electron chi connectivity index (χ3n) is 3.84. The lowest BCUT2D eigenvalue weighted by Crippen LogP contribution is -2.35. The summed E-state index contributed by atoms with van der Waals surface area (Å²) in [5.41, 5.74) is 2.60. The van der Waals surface area contributed by atoms with E-state index in [4.69, 9.17) is 5.26 Å². The fourth-order valence-corrected chi connectivity index (χ4v) is 2.65. The Kier molecular flexibility index (Phi) is 3.68. The summed E-state index contributed by atoms with van der Waals surface area (Å²) in [4.78, 5) is 2.38. The molecule has 0 saturated heterocycles. The fraction of sp³-hybridized carbons (Fsp3) is 0.533. The van der Waals surface area contributed by atoms with Crippen molar-refractivity contribution in [3.05, 3.63) is 29.8 Å². The molecule has 1 aliphatic carbocycles. The molecule has 1 saturated carbocycles. The summed E-state index contributed by atoms with van der Waals surface area (Å²) in [5.74, 6) is 0.289. The fourth-order valence-electron chi connectivity index (χ4n) is 2.65. The zero-order valence-corrected chi connectivity index (χ0v) is 10.7. The van der Waals surface area contributed by atoms with E-state index in [0.29, 0.717) is 6.04 Å². The summed E-state index contributed by atoms with van der Waals surface area (Å²) in [7, 11) is 2.17. The van der Waals surface area contributed by atoms with Gasteiger partial charge in [-0.2, -0.15) is 5.26 Å². The highest BCUT2D eigenvalue weighted by atomic mass is 15.1. The van der Waals surface area contributed by atoms with Gasteiger partial charge in [-0.3, -0.25) is 0 Å². The Balaban J connectivity index is 2.02. The minimum atomic E-state index is 0.289. The predicted octanol–water partition coefficient (Wildman–Crippen LogP) is 3.51. The van der Waals surface area contributed by atoms with E-state index in [1.807, 2.05) is 0 Å². The van der Waals surface area contributed by atoms with Crippen molar-refractivity contribution in [3.8, 4) is 6.07 Å². The molecule has 0 atom stereocenters. The Morgan fingerprint density at radius 3 is 2.53 bits per heavy atom. The highest BCUT2D eigenvalue weighted by molar-refractivity contribution is 5.48. The molecule has 2 heteroatoms. The Labute approximate surface area is 104 Å². The summed E-state index contributed by atoms with van der Waals surface area (Å²) in [5, 5.41) is 8.91. The largest absolute Gasteiger partial charge is 0.372 e. The molecule has 1 aromatic carbocycles. The predicted molar refractivity (Wildman–Crippen MR) is 70.9 cm³/mol. The molecule has 2 rings (SSSR count). The molecule has 1 aromatic rings. The number of rotatable bonds is 2. The highest BCUT2D eigenvalue weighted by Gasteiger charge is 2.23. The van der Waals surface area contributed by atoms with Crippen LogP contribution in [0.2, 0.25) is 0 Å². The Bertz CT molecular complexity index is 411. The van der Waals surface area contributed by atoms with Crippen LogP contribution in [0.15, 0.2) is 24.3 Å². The van der Waals surface area contributed by atoms with Gasteiger partial charge in [0.1, 0.15) is 0 Å². The minimum absolute atomic E-state index is 0.289. The van der Waals surface area contributed by atoms with Crippen molar-refractivity contribution in [2.45, 2.75) is 38.6 Å².